The maximum Gasteiger partial charge on any atom is 0.260 e. The maximum absolute atomic E-state index is 12.3. The molecule has 0 aromatic heterocycles. The maximum atomic E-state index is 12.3. The fourth-order valence-electron chi connectivity index (χ4n) is 2.54. The highest BCUT2D eigenvalue weighted by molar-refractivity contribution is 7.98. The molecule has 0 saturated heterocycles. The van der Waals surface area contributed by atoms with Crippen molar-refractivity contribution in [3.8, 4) is 5.75 Å². The molecule has 2 aromatic carbocycles. The number of para-hydroxylation sites is 1. The largest absolute Gasteiger partial charge is 0.481 e. The second-order valence-corrected chi connectivity index (χ2v) is 8.42. The van der Waals surface area contributed by atoms with Gasteiger partial charge in [-0.2, -0.15) is 11.8 Å². The van der Waals surface area contributed by atoms with Crippen LogP contribution in [0.1, 0.15) is 37.8 Å². The summed E-state index contributed by atoms with van der Waals surface area (Å²) in [6.45, 7) is 6.54. The third-order valence-electron chi connectivity index (χ3n) is 4.07. The van der Waals surface area contributed by atoms with E-state index in [1.165, 1.54) is 0 Å². The van der Waals surface area contributed by atoms with Crippen LogP contribution in [0.5, 0.6) is 5.75 Å². The summed E-state index contributed by atoms with van der Waals surface area (Å²) in [5.74, 6) is 2.46. The van der Waals surface area contributed by atoms with Gasteiger partial charge in [0.25, 0.3) is 5.91 Å². The van der Waals surface area contributed by atoms with Crippen LogP contribution in [-0.2, 0) is 10.5 Å². The molecule has 0 spiro atoms. The van der Waals surface area contributed by atoms with E-state index in [1.807, 2.05) is 42.5 Å². The van der Waals surface area contributed by atoms with Crippen molar-refractivity contribution in [2.45, 2.75) is 38.5 Å². The Kier molecular flexibility index (Phi) is 8.81. The van der Waals surface area contributed by atoms with Crippen LogP contribution in [-0.4, -0.2) is 24.3 Å². The minimum absolute atomic E-state index is 0.120. The third-order valence-corrected chi connectivity index (χ3v) is 5.76. The van der Waals surface area contributed by atoms with E-state index in [-0.39, 0.29) is 5.91 Å². The van der Waals surface area contributed by atoms with E-state index in [9.17, 15) is 4.79 Å². The average molecular weight is 426 g/mol. The van der Waals surface area contributed by atoms with Gasteiger partial charge in [0.2, 0.25) is 0 Å². The molecule has 0 bridgehead atoms. The highest BCUT2D eigenvalue weighted by Crippen LogP contribution is 2.28. The molecule has 0 aliphatic heterocycles. The fraction of sp³-hybridized carbons (Fsp3) is 0.381. The van der Waals surface area contributed by atoms with Crippen molar-refractivity contribution in [1.82, 2.24) is 5.32 Å². The lowest BCUT2D eigenvalue weighted by atomic mass is 10.0. The standard InChI is InChI=1S/C21H25Cl2NO2S/c1-14(2)16-7-4-5-10-20(16)26-15(3)21(25)24-11-12-27-13-17-18(22)8-6-9-19(17)23/h4-10,14-15H,11-13H2,1-3H3,(H,24,25)/t15-/m1/s1. The molecule has 27 heavy (non-hydrogen) atoms. The van der Waals surface area contributed by atoms with E-state index in [2.05, 4.69) is 19.2 Å². The lowest BCUT2D eigenvalue weighted by molar-refractivity contribution is -0.127. The topological polar surface area (TPSA) is 38.3 Å². The van der Waals surface area contributed by atoms with Crippen LogP contribution < -0.4 is 10.1 Å². The van der Waals surface area contributed by atoms with Crippen molar-refractivity contribution >= 4 is 40.9 Å². The normalized spacial score (nSPS) is 12.1. The van der Waals surface area contributed by atoms with Gasteiger partial charge in [-0.25, -0.2) is 0 Å². The zero-order valence-corrected chi connectivity index (χ0v) is 18.1. The van der Waals surface area contributed by atoms with Gasteiger partial charge < -0.3 is 10.1 Å². The van der Waals surface area contributed by atoms with Crippen LogP contribution >= 0.6 is 35.0 Å². The summed E-state index contributed by atoms with van der Waals surface area (Å²) in [7, 11) is 0. The van der Waals surface area contributed by atoms with Gasteiger partial charge in [0, 0.05) is 28.1 Å². The Hall–Kier alpha value is -1.36. The first-order chi connectivity index (χ1) is 12.9. The molecule has 3 nitrogen and oxygen atoms in total. The van der Waals surface area contributed by atoms with Crippen molar-refractivity contribution in [1.29, 1.82) is 0 Å². The summed E-state index contributed by atoms with van der Waals surface area (Å²) in [6.07, 6.45) is -0.548. The number of carbonyl (C=O) groups excluding carboxylic acids is 1. The molecule has 1 atom stereocenters. The Morgan fingerprint density at radius 3 is 2.41 bits per heavy atom. The Morgan fingerprint density at radius 1 is 1.07 bits per heavy atom. The van der Waals surface area contributed by atoms with E-state index in [1.54, 1.807) is 18.7 Å². The zero-order chi connectivity index (χ0) is 19.8. The van der Waals surface area contributed by atoms with Crippen LogP contribution in [0.4, 0.5) is 0 Å². The molecule has 0 fully saturated rings. The number of hydrogen-bond donors (Lipinski definition) is 1. The van der Waals surface area contributed by atoms with E-state index < -0.39 is 6.10 Å². The third kappa shape index (κ3) is 6.63. The Bertz CT molecular complexity index is 747. The molecule has 2 rings (SSSR count). The Balaban J connectivity index is 1.76. The molecule has 1 amide bonds. The molecule has 1 N–H and O–H groups in total. The molecular weight excluding hydrogens is 401 g/mol. The van der Waals surface area contributed by atoms with E-state index in [0.717, 1.165) is 22.6 Å². The number of benzene rings is 2. The summed E-state index contributed by atoms with van der Waals surface area (Å²) in [6, 6.07) is 13.3. The van der Waals surface area contributed by atoms with Crippen LogP contribution in [0.15, 0.2) is 42.5 Å². The number of amides is 1. The Labute approximate surface area is 175 Å². The molecule has 0 aliphatic carbocycles. The van der Waals surface area contributed by atoms with Gasteiger partial charge in [-0.05, 0) is 42.2 Å². The summed E-state index contributed by atoms with van der Waals surface area (Å²) >= 11 is 14.0. The first kappa shape index (κ1) is 21.9. The predicted molar refractivity (Wildman–Crippen MR) is 116 cm³/mol. The van der Waals surface area contributed by atoms with Crippen molar-refractivity contribution in [2.24, 2.45) is 0 Å². The molecule has 0 heterocycles. The van der Waals surface area contributed by atoms with E-state index in [4.69, 9.17) is 27.9 Å². The fourth-order valence-corrected chi connectivity index (χ4v) is 4.14. The lowest BCUT2D eigenvalue weighted by Crippen LogP contribution is -2.37. The van der Waals surface area contributed by atoms with Gasteiger partial charge in [-0.1, -0.05) is 61.3 Å². The summed E-state index contributed by atoms with van der Waals surface area (Å²) < 4.78 is 5.87. The van der Waals surface area contributed by atoms with Crippen LogP contribution in [0.2, 0.25) is 10.0 Å². The Morgan fingerprint density at radius 2 is 1.74 bits per heavy atom. The minimum Gasteiger partial charge on any atom is -0.481 e. The van der Waals surface area contributed by atoms with Gasteiger partial charge in [-0.3, -0.25) is 4.79 Å². The molecule has 2 aromatic rings. The van der Waals surface area contributed by atoms with Crippen molar-refractivity contribution in [2.75, 3.05) is 12.3 Å². The average Bonchev–Trinajstić information content (AvgIpc) is 2.63. The molecule has 0 aliphatic rings. The minimum atomic E-state index is -0.548. The van der Waals surface area contributed by atoms with Gasteiger partial charge in [-0.15, -0.1) is 0 Å². The van der Waals surface area contributed by atoms with Gasteiger partial charge in [0.05, 0.1) is 0 Å². The van der Waals surface area contributed by atoms with E-state index in [0.29, 0.717) is 28.3 Å². The lowest BCUT2D eigenvalue weighted by Gasteiger charge is -2.18. The molecule has 146 valence electrons. The molecular formula is C21H25Cl2NO2S. The van der Waals surface area contributed by atoms with Crippen LogP contribution in [0.25, 0.3) is 0 Å². The number of nitrogens with one attached hydrogen (secondary N) is 1. The van der Waals surface area contributed by atoms with E-state index >= 15 is 0 Å². The van der Waals surface area contributed by atoms with Crippen LogP contribution in [0.3, 0.4) is 0 Å². The quantitative estimate of drug-likeness (QED) is 0.505. The van der Waals surface area contributed by atoms with Crippen molar-refractivity contribution in [3.63, 3.8) is 0 Å². The number of thioether (sulfide) groups is 1. The second-order valence-electron chi connectivity index (χ2n) is 6.50. The number of hydrogen-bond acceptors (Lipinski definition) is 3. The SMILES string of the molecule is CC(C)c1ccccc1O[C@H](C)C(=O)NCCSCc1c(Cl)cccc1Cl. The van der Waals surface area contributed by atoms with Gasteiger partial charge in [0.15, 0.2) is 6.10 Å². The monoisotopic (exact) mass is 425 g/mol. The molecule has 0 radical (unpaired) electrons. The highest BCUT2D eigenvalue weighted by Gasteiger charge is 2.16. The van der Waals surface area contributed by atoms with Crippen molar-refractivity contribution in [3.05, 3.63) is 63.6 Å². The molecule has 0 saturated carbocycles. The zero-order valence-electron chi connectivity index (χ0n) is 15.8. The first-order valence-electron chi connectivity index (χ1n) is 8.94. The number of rotatable bonds is 9. The summed E-state index contributed by atoms with van der Waals surface area (Å²) in [4.78, 5) is 12.3. The number of ether oxygens (including phenoxy) is 1. The predicted octanol–water partition coefficient (Wildman–Crippen LogP) is 5.93. The van der Waals surface area contributed by atoms with Crippen LogP contribution in [0, 0.1) is 0 Å². The first-order valence-corrected chi connectivity index (χ1v) is 10.8. The smallest absolute Gasteiger partial charge is 0.260 e. The molecule has 6 heteroatoms. The summed E-state index contributed by atoms with van der Waals surface area (Å²) in [5.41, 5.74) is 2.03. The number of halogens is 2. The highest BCUT2D eigenvalue weighted by atomic mass is 35.5. The van der Waals surface area contributed by atoms with Gasteiger partial charge >= 0.3 is 0 Å². The van der Waals surface area contributed by atoms with Gasteiger partial charge in [0.1, 0.15) is 5.75 Å². The molecule has 0 unspecified atom stereocenters. The summed E-state index contributed by atoms with van der Waals surface area (Å²) in [5, 5.41) is 4.26. The number of carbonyl (C=O) groups is 1. The van der Waals surface area contributed by atoms with Crippen molar-refractivity contribution < 1.29 is 9.53 Å². The second kappa shape index (κ2) is 10.8.